The van der Waals surface area contributed by atoms with Crippen LogP contribution in [0, 0.1) is 0 Å². The van der Waals surface area contributed by atoms with Crippen LogP contribution in [0.15, 0.2) is 30.3 Å². The topological polar surface area (TPSA) is 81.7 Å². The molecule has 2 heterocycles. The van der Waals surface area contributed by atoms with Gasteiger partial charge in [-0.3, -0.25) is 4.79 Å². The van der Waals surface area contributed by atoms with Crippen LogP contribution in [0.1, 0.15) is 68.3 Å². The van der Waals surface area contributed by atoms with E-state index in [1.165, 1.54) is 38.7 Å². The van der Waals surface area contributed by atoms with Crippen molar-refractivity contribution < 1.29 is 23.9 Å². The molecule has 1 N–H and O–H groups in total. The highest BCUT2D eigenvalue weighted by Gasteiger charge is 2.31. The SMILES string of the molecule is CCOC(=O)c1c(NC(=O)C(C)OC(=O)c2cc3c(s2)CCCC3)sc2c1CCc1ccccc1-2. The number of ether oxygens (including phenoxy) is 2. The quantitative estimate of drug-likeness (QED) is 0.424. The van der Waals surface area contributed by atoms with Crippen LogP contribution in [0.2, 0.25) is 0 Å². The fourth-order valence-corrected chi connectivity index (χ4v) is 7.16. The zero-order valence-electron chi connectivity index (χ0n) is 19.8. The van der Waals surface area contributed by atoms with Gasteiger partial charge in [-0.15, -0.1) is 22.7 Å². The summed E-state index contributed by atoms with van der Waals surface area (Å²) in [5, 5.41) is 3.28. The van der Waals surface area contributed by atoms with Crippen molar-refractivity contribution in [1.82, 2.24) is 0 Å². The molecule has 182 valence electrons. The Morgan fingerprint density at radius 2 is 1.80 bits per heavy atom. The third-order valence-electron chi connectivity index (χ3n) is 6.48. The number of rotatable bonds is 6. The summed E-state index contributed by atoms with van der Waals surface area (Å²) in [7, 11) is 0. The van der Waals surface area contributed by atoms with Crippen LogP contribution < -0.4 is 5.32 Å². The molecule has 2 aromatic heterocycles. The fourth-order valence-electron chi connectivity index (χ4n) is 4.72. The number of carbonyl (C=O) groups excluding carboxylic acids is 3. The summed E-state index contributed by atoms with van der Waals surface area (Å²) in [5.41, 5.74) is 4.81. The molecule has 1 unspecified atom stereocenters. The molecule has 0 aliphatic heterocycles. The molecule has 5 rings (SSSR count). The largest absolute Gasteiger partial charge is 0.462 e. The first-order valence-corrected chi connectivity index (χ1v) is 13.6. The highest BCUT2D eigenvalue weighted by Crippen LogP contribution is 2.45. The number of carbonyl (C=O) groups is 3. The maximum absolute atomic E-state index is 13.0. The summed E-state index contributed by atoms with van der Waals surface area (Å²) in [4.78, 5) is 41.4. The van der Waals surface area contributed by atoms with Crippen molar-refractivity contribution in [3.63, 3.8) is 0 Å². The van der Waals surface area contributed by atoms with E-state index in [0.29, 0.717) is 21.9 Å². The molecule has 8 heteroatoms. The first-order valence-electron chi connectivity index (χ1n) is 12.0. The van der Waals surface area contributed by atoms with Crippen LogP contribution in [0.4, 0.5) is 5.00 Å². The molecule has 0 spiro atoms. The number of nitrogens with one attached hydrogen (secondary N) is 1. The number of hydrogen-bond acceptors (Lipinski definition) is 7. The third kappa shape index (κ3) is 4.65. The smallest absolute Gasteiger partial charge is 0.349 e. The van der Waals surface area contributed by atoms with E-state index in [2.05, 4.69) is 11.4 Å². The van der Waals surface area contributed by atoms with Gasteiger partial charge in [-0.25, -0.2) is 9.59 Å². The van der Waals surface area contributed by atoms with E-state index in [0.717, 1.165) is 48.1 Å². The number of fused-ring (bicyclic) bond motifs is 4. The molecule has 1 amide bonds. The van der Waals surface area contributed by atoms with Crippen LogP contribution in [0.5, 0.6) is 0 Å². The summed E-state index contributed by atoms with van der Waals surface area (Å²) >= 11 is 2.83. The van der Waals surface area contributed by atoms with Crippen molar-refractivity contribution >= 4 is 45.5 Å². The first-order chi connectivity index (χ1) is 17.0. The molecule has 0 saturated carbocycles. The molecular formula is C27H27NO5S2. The standard InChI is InChI=1S/C27H27NO5S2/c1-3-32-27(31)22-19-13-12-16-8-4-6-10-18(16)23(19)35-25(22)28-24(29)15(2)33-26(30)21-14-17-9-5-7-11-20(17)34-21/h4,6,8,10,14-15H,3,5,7,9,11-13H2,1-2H3,(H,28,29). The lowest BCUT2D eigenvalue weighted by Gasteiger charge is -2.16. The highest BCUT2D eigenvalue weighted by molar-refractivity contribution is 7.20. The number of benzene rings is 1. The monoisotopic (exact) mass is 509 g/mol. The number of anilines is 1. The average molecular weight is 510 g/mol. The van der Waals surface area contributed by atoms with Crippen LogP contribution in [-0.4, -0.2) is 30.6 Å². The Morgan fingerprint density at radius 3 is 2.60 bits per heavy atom. The Labute approximate surface area is 212 Å². The molecule has 1 atom stereocenters. The molecule has 2 aliphatic carbocycles. The second-order valence-electron chi connectivity index (χ2n) is 8.79. The van der Waals surface area contributed by atoms with Crippen LogP contribution in [0.25, 0.3) is 10.4 Å². The van der Waals surface area contributed by atoms with Gasteiger partial charge in [-0.2, -0.15) is 0 Å². The minimum absolute atomic E-state index is 0.242. The number of aryl methyl sites for hydroxylation is 3. The van der Waals surface area contributed by atoms with Crippen LogP contribution in [0.3, 0.4) is 0 Å². The molecule has 0 radical (unpaired) electrons. The zero-order chi connectivity index (χ0) is 24.5. The number of hydrogen-bond donors (Lipinski definition) is 1. The number of thiophene rings is 2. The fraction of sp³-hybridized carbons (Fsp3) is 0.370. The first kappa shape index (κ1) is 23.8. The summed E-state index contributed by atoms with van der Waals surface area (Å²) in [6.45, 7) is 3.55. The van der Waals surface area contributed by atoms with Crippen LogP contribution in [-0.2, 0) is 40.0 Å². The van der Waals surface area contributed by atoms with E-state index >= 15 is 0 Å². The lowest BCUT2D eigenvalue weighted by atomic mass is 9.89. The Kier molecular flexibility index (Phi) is 6.75. The van der Waals surface area contributed by atoms with Gasteiger partial charge in [-0.05, 0) is 80.7 Å². The maximum atomic E-state index is 13.0. The van der Waals surface area contributed by atoms with Gasteiger partial charge in [0.1, 0.15) is 9.88 Å². The number of amides is 1. The Balaban J connectivity index is 1.36. The van der Waals surface area contributed by atoms with Gasteiger partial charge in [-0.1, -0.05) is 24.3 Å². The molecule has 1 aromatic carbocycles. The van der Waals surface area contributed by atoms with Crippen molar-refractivity contribution in [2.45, 2.75) is 58.5 Å². The molecule has 35 heavy (non-hydrogen) atoms. The molecule has 3 aromatic rings. The summed E-state index contributed by atoms with van der Waals surface area (Å²) in [5.74, 6) is -1.41. The van der Waals surface area contributed by atoms with Gasteiger partial charge in [0, 0.05) is 9.75 Å². The molecular weight excluding hydrogens is 482 g/mol. The molecule has 2 aliphatic rings. The Hall–Kier alpha value is -2.97. The van der Waals surface area contributed by atoms with E-state index in [1.54, 1.807) is 13.8 Å². The second kappa shape index (κ2) is 9.95. The van der Waals surface area contributed by atoms with Crippen molar-refractivity contribution in [2.24, 2.45) is 0 Å². The average Bonchev–Trinajstić information content (AvgIpc) is 3.45. The zero-order valence-corrected chi connectivity index (χ0v) is 21.4. The van der Waals surface area contributed by atoms with Crippen molar-refractivity contribution in [1.29, 1.82) is 0 Å². The summed E-state index contributed by atoms with van der Waals surface area (Å²) < 4.78 is 10.8. The molecule has 0 saturated heterocycles. The Bertz CT molecular complexity index is 1280. The second-order valence-corrected chi connectivity index (χ2v) is 11.0. The summed E-state index contributed by atoms with van der Waals surface area (Å²) in [6.07, 6.45) is 4.75. The minimum Gasteiger partial charge on any atom is -0.462 e. The van der Waals surface area contributed by atoms with Crippen molar-refractivity contribution in [3.05, 3.63) is 62.3 Å². The third-order valence-corrected chi connectivity index (χ3v) is 8.88. The summed E-state index contributed by atoms with van der Waals surface area (Å²) in [6, 6.07) is 10.0. The van der Waals surface area contributed by atoms with E-state index in [4.69, 9.17) is 9.47 Å². The molecule has 0 fully saturated rings. The predicted octanol–water partition coefficient (Wildman–Crippen LogP) is 5.81. The Morgan fingerprint density at radius 1 is 1.00 bits per heavy atom. The van der Waals surface area contributed by atoms with Crippen molar-refractivity contribution in [2.75, 3.05) is 11.9 Å². The molecule has 6 nitrogen and oxygen atoms in total. The maximum Gasteiger partial charge on any atom is 0.349 e. The van der Waals surface area contributed by atoms with Gasteiger partial charge in [0.05, 0.1) is 12.2 Å². The van der Waals surface area contributed by atoms with Gasteiger partial charge in [0.15, 0.2) is 6.10 Å². The highest BCUT2D eigenvalue weighted by atomic mass is 32.1. The van der Waals surface area contributed by atoms with Gasteiger partial charge in [0.25, 0.3) is 5.91 Å². The molecule has 0 bridgehead atoms. The number of esters is 2. The normalized spacial score (nSPS) is 14.8. The van der Waals surface area contributed by atoms with Crippen LogP contribution >= 0.6 is 22.7 Å². The predicted molar refractivity (Wildman–Crippen MR) is 138 cm³/mol. The van der Waals surface area contributed by atoms with E-state index in [-0.39, 0.29) is 6.61 Å². The van der Waals surface area contributed by atoms with Gasteiger partial charge in [0.2, 0.25) is 0 Å². The minimum atomic E-state index is -1.01. The lowest BCUT2D eigenvalue weighted by molar-refractivity contribution is -0.123. The van der Waals surface area contributed by atoms with Gasteiger partial charge < -0.3 is 14.8 Å². The van der Waals surface area contributed by atoms with E-state index in [9.17, 15) is 14.4 Å². The van der Waals surface area contributed by atoms with E-state index < -0.39 is 23.9 Å². The van der Waals surface area contributed by atoms with Gasteiger partial charge >= 0.3 is 11.9 Å². The lowest BCUT2D eigenvalue weighted by Crippen LogP contribution is -2.30. The van der Waals surface area contributed by atoms with Crippen molar-refractivity contribution in [3.8, 4) is 10.4 Å². The van der Waals surface area contributed by atoms with E-state index in [1.807, 2.05) is 24.3 Å².